The monoisotopic (exact) mass is 646 g/mol. The van der Waals surface area contributed by atoms with Crippen LogP contribution in [0.3, 0.4) is 0 Å². The van der Waals surface area contributed by atoms with Crippen molar-refractivity contribution in [3.8, 4) is 10.6 Å². The van der Waals surface area contributed by atoms with E-state index in [0.29, 0.717) is 48.7 Å². The standard InChI is InChI=1S/C29H29F3N6O4S2/c30-29(31,32)21-12-34-28(35-22-4-3-16(8-20(22)15-1-2-15)38-17-7-18(38)11-33-10-17)36-25(21)23-9-24-26(43-23)27(39)37(19-13-42-14-19)5-6-44(24,40)41/h3-4,8-9,12,15,17-19,33H,1-2,5-7,10-11,13-14H2,(H,34,35,36). The number of aromatic nitrogens is 2. The highest BCUT2D eigenvalue weighted by atomic mass is 32.2. The van der Waals surface area contributed by atoms with Crippen molar-refractivity contribution >= 4 is 44.4 Å². The number of carbonyl (C=O) groups is 1. The summed E-state index contributed by atoms with van der Waals surface area (Å²) in [6.45, 7) is 2.48. The normalized spacial score (nSPS) is 24.8. The van der Waals surface area contributed by atoms with Gasteiger partial charge in [0.1, 0.15) is 10.4 Å². The number of thiophene rings is 1. The Morgan fingerprint density at radius 3 is 2.52 bits per heavy atom. The average molecular weight is 647 g/mol. The van der Waals surface area contributed by atoms with Gasteiger partial charge in [-0.3, -0.25) is 4.79 Å². The first kappa shape index (κ1) is 28.2. The molecule has 2 aromatic heterocycles. The molecule has 2 unspecified atom stereocenters. The third-order valence-electron chi connectivity index (χ3n) is 9.17. The maximum absolute atomic E-state index is 14.2. The Bertz CT molecular complexity index is 1760. The predicted octanol–water partition coefficient (Wildman–Crippen LogP) is 4.02. The Kier molecular flexibility index (Phi) is 6.49. The number of amides is 1. The van der Waals surface area contributed by atoms with Crippen molar-refractivity contribution in [1.29, 1.82) is 0 Å². The van der Waals surface area contributed by atoms with Gasteiger partial charge in [0.05, 0.1) is 40.5 Å². The zero-order valence-electron chi connectivity index (χ0n) is 23.4. The molecule has 2 N–H and O–H groups in total. The van der Waals surface area contributed by atoms with Crippen molar-refractivity contribution in [3.05, 3.63) is 46.5 Å². The number of ether oxygens (including phenoxy) is 1. The van der Waals surface area contributed by atoms with Crippen molar-refractivity contribution in [2.45, 2.75) is 54.4 Å². The molecule has 2 atom stereocenters. The van der Waals surface area contributed by atoms with Gasteiger partial charge in [-0.2, -0.15) is 13.2 Å². The lowest BCUT2D eigenvalue weighted by atomic mass is 9.87. The second-order valence-electron chi connectivity index (χ2n) is 12.0. The Labute approximate surface area is 255 Å². The smallest absolute Gasteiger partial charge is 0.377 e. The summed E-state index contributed by atoms with van der Waals surface area (Å²) in [4.78, 5) is 25.2. The first-order valence-corrected chi connectivity index (χ1v) is 17.1. The summed E-state index contributed by atoms with van der Waals surface area (Å²) in [6, 6.07) is 7.94. The number of alkyl halides is 3. The number of piperidine rings is 1. The topological polar surface area (TPSA) is 117 Å². The van der Waals surface area contributed by atoms with Crippen LogP contribution in [0.4, 0.5) is 30.5 Å². The number of hydrogen-bond acceptors (Lipinski definition) is 10. The molecule has 6 heterocycles. The fraction of sp³-hybridized carbons (Fsp3) is 0.483. The number of nitrogens with one attached hydrogen (secondary N) is 2. The summed E-state index contributed by atoms with van der Waals surface area (Å²) >= 11 is 0.713. The van der Waals surface area contributed by atoms with E-state index in [0.717, 1.165) is 48.9 Å². The number of piperazine rings is 1. The molecule has 1 saturated carbocycles. The van der Waals surface area contributed by atoms with Crippen LogP contribution in [-0.2, 0) is 20.8 Å². The lowest BCUT2D eigenvalue weighted by Gasteiger charge is -2.54. The van der Waals surface area contributed by atoms with E-state index in [-0.39, 0.29) is 38.9 Å². The number of anilines is 3. The van der Waals surface area contributed by atoms with E-state index in [1.807, 2.05) is 12.1 Å². The third kappa shape index (κ3) is 4.75. The van der Waals surface area contributed by atoms with Crippen LogP contribution in [-0.4, -0.2) is 85.9 Å². The quantitative estimate of drug-likeness (QED) is 0.410. The maximum Gasteiger partial charge on any atom is 0.420 e. The predicted molar refractivity (Wildman–Crippen MR) is 157 cm³/mol. The number of carbonyl (C=O) groups excluding carboxylic acids is 1. The lowest BCUT2D eigenvalue weighted by Crippen LogP contribution is -2.68. The number of benzene rings is 1. The van der Waals surface area contributed by atoms with Gasteiger partial charge in [0.15, 0.2) is 9.84 Å². The third-order valence-corrected chi connectivity index (χ3v) is 12.1. The van der Waals surface area contributed by atoms with Gasteiger partial charge in [0, 0.05) is 49.3 Å². The van der Waals surface area contributed by atoms with Gasteiger partial charge in [-0.25, -0.2) is 18.4 Å². The number of sulfone groups is 1. The summed E-state index contributed by atoms with van der Waals surface area (Å²) in [5.41, 5.74) is 1.36. The average Bonchev–Trinajstić information content (AvgIpc) is 3.71. The second kappa shape index (κ2) is 10.1. The molecule has 8 rings (SSSR count). The fourth-order valence-electron chi connectivity index (χ4n) is 6.60. The van der Waals surface area contributed by atoms with Crippen molar-refractivity contribution < 1.29 is 31.1 Å². The highest BCUT2D eigenvalue weighted by Crippen LogP contribution is 2.47. The van der Waals surface area contributed by atoms with Crippen molar-refractivity contribution in [1.82, 2.24) is 20.2 Å². The molecule has 4 aliphatic heterocycles. The van der Waals surface area contributed by atoms with Crippen LogP contribution >= 0.6 is 11.3 Å². The van der Waals surface area contributed by atoms with E-state index in [9.17, 15) is 26.4 Å². The zero-order valence-corrected chi connectivity index (χ0v) is 25.1. The first-order chi connectivity index (χ1) is 21.1. The van der Waals surface area contributed by atoms with Gasteiger partial charge in [0.25, 0.3) is 5.91 Å². The van der Waals surface area contributed by atoms with Gasteiger partial charge < -0.3 is 25.2 Å². The van der Waals surface area contributed by atoms with Crippen LogP contribution in [0.25, 0.3) is 10.6 Å². The van der Waals surface area contributed by atoms with E-state index in [2.05, 4.69) is 31.6 Å². The molecule has 5 aliphatic rings. The largest absolute Gasteiger partial charge is 0.420 e. The Morgan fingerprint density at radius 1 is 1.09 bits per heavy atom. The SMILES string of the molecule is O=C1c2sc(-c3nc(Nc4ccc(N5C6CNCC5C6)cc4C4CC4)ncc3C(F)(F)F)cc2S(=O)(=O)CCN1C1COC1. The molecule has 1 aliphatic carbocycles. The molecule has 44 heavy (non-hydrogen) atoms. The molecule has 4 fully saturated rings. The minimum absolute atomic E-state index is 0.000613. The van der Waals surface area contributed by atoms with Gasteiger partial charge in [-0.1, -0.05) is 0 Å². The molecule has 0 spiro atoms. The van der Waals surface area contributed by atoms with Crippen LogP contribution in [0.2, 0.25) is 0 Å². The Morgan fingerprint density at radius 2 is 1.86 bits per heavy atom. The zero-order chi connectivity index (χ0) is 30.4. The highest BCUT2D eigenvalue weighted by Gasteiger charge is 2.43. The molecule has 3 saturated heterocycles. The second-order valence-corrected chi connectivity index (χ2v) is 15.2. The van der Waals surface area contributed by atoms with Crippen LogP contribution in [0, 0.1) is 0 Å². The molecule has 0 radical (unpaired) electrons. The summed E-state index contributed by atoms with van der Waals surface area (Å²) in [7, 11) is -3.92. The van der Waals surface area contributed by atoms with E-state index < -0.39 is 33.2 Å². The Balaban J connectivity index is 1.16. The molecule has 1 aromatic carbocycles. The van der Waals surface area contributed by atoms with E-state index >= 15 is 0 Å². The molecular formula is C29H29F3N6O4S2. The van der Waals surface area contributed by atoms with Crippen LogP contribution < -0.4 is 15.5 Å². The van der Waals surface area contributed by atoms with Gasteiger partial charge >= 0.3 is 6.18 Å². The summed E-state index contributed by atoms with van der Waals surface area (Å²) < 4.78 is 74.1. The highest BCUT2D eigenvalue weighted by molar-refractivity contribution is 7.91. The number of fused-ring (bicyclic) bond motifs is 3. The Hall–Kier alpha value is -3.27. The van der Waals surface area contributed by atoms with E-state index in [1.54, 1.807) is 0 Å². The molecule has 1 amide bonds. The van der Waals surface area contributed by atoms with E-state index in [4.69, 9.17) is 4.74 Å². The minimum atomic E-state index is -4.81. The first-order valence-electron chi connectivity index (χ1n) is 14.7. The number of nitrogens with zero attached hydrogens (tertiary/aromatic N) is 4. The molecule has 232 valence electrons. The molecular weight excluding hydrogens is 617 g/mol. The summed E-state index contributed by atoms with van der Waals surface area (Å²) in [6.07, 6.45) is -0.875. The minimum Gasteiger partial charge on any atom is -0.377 e. The van der Waals surface area contributed by atoms with Gasteiger partial charge in [0.2, 0.25) is 5.95 Å². The van der Waals surface area contributed by atoms with Crippen molar-refractivity contribution in [3.63, 3.8) is 0 Å². The van der Waals surface area contributed by atoms with Gasteiger partial charge in [-0.15, -0.1) is 11.3 Å². The number of hydrogen-bond donors (Lipinski definition) is 2. The molecule has 15 heteroatoms. The summed E-state index contributed by atoms with van der Waals surface area (Å²) in [5, 5.41) is 6.59. The van der Waals surface area contributed by atoms with Gasteiger partial charge in [-0.05, 0) is 55.0 Å². The van der Waals surface area contributed by atoms with Crippen LogP contribution in [0.15, 0.2) is 35.4 Å². The lowest BCUT2D eigenvalue weighted by molar-refractivity contribution is -0.137. The van der Waals surface area contributed by atoms with Crippen molar-refractivity contribution in [2.24, 2.45) is 0 Å². The van der Waals surface area contributed by atoms with Crippen LogP contribution in [0.5, 0.6) is 0 Å². The maximum atomic E-state index is 14.2. The van der Waals surface area contributed by atoms with E-state index in [1.165, 1.54) is 11.3 Å². The van der Waals surface area contributed by atoms with Crippen LogP contribution in [0.1, 0.15) is 46.0 Å². The number of halogens is 3. The summed E-state index contributed by atoms with van der Waals surface area (Å²) in [5.74, 6) is -0.545. The number of rotatable bonds is 6. The molecule has 2 bridgehead atoms. The fourth-order valence-corrected chi connectivity index (χ4v) is 9.52. The molecule has 3 aromatic rings. The van der Waals surface area contributed by atoms with Crippen molar-refractivity contribution in [2.75, 3.05) is 48.8 Å². The molecule has 10 nitrogen and oxygen atoms in total.